The van der Waals surface area contributed by atoms with Gasteiger partial charge in [-0.1, -0.05) is 30.3 Å². The molecular formula is C14H20N2O3. The Labute approximate surface area is 113 Å². The van der Waals surface area contributed by atoms with Crippen LogP contribution in [0.3, 0.4) is 0 Å². The third-order valence-corrected chi connectivity index (χ3v) is 3.53. The van der Waals surface area contributed by atoms with Gasteiger partial charge < -0.3 is 20.5 Å². The number of methoxy groups -OCH3 is 1. The topological polar surface area (TPSA) is 73.6 Å². The van der Waals surface area contributed by atoms with Gasteiger partial charge in [0.1, 0.15) is 11.6 Å². The number of nitrogens with two attached hydrogens (primary N) is 1. The highest BCUT2D eigenvalue weighted by Gasteiger charge is 2.35. The molecule has 1 aromatic rings. The fourth-order valence-corrected chi connectivity index (χ4v) is 2.13. The van der Waals surface area contributed by atoms with Crippen LogP contribution < -0.4 is 11.1 Å². The van der Waals surface area contributed by atoms with Crippen molar-refractivity contribution in [3.05, 3.63) is 35.9 Å². The predicted octanol–water partition coefficient (Wildman–Crippen LogP) is 0.608. The Hall–Kier alpha value is -1.43. The predicted molar refractivity (Wildman–Crippen MR) is 71.6 cm³/mol. The minimum atomic E-state index is -0.655. The number of hydrogen-bond acceptors (Lipinski definition) is 4. The van der Waals surface area contributed by atoms with E-state index in [-0.39, 0.29) is 5.91 Å². The number of benzene rings is 1. The van der Waals surface area contributed by atoms with Crippen LogP contribution in [0, 0.1) is 0 Å². The summed E-state index contributed by atoms with van der Waals surface area (Å²) in [5.41, 5.74) is 6.31. The molecule has 1 saturated heterocycles. The summed E-state index contributed by atoms with van der Waals surface area (Å²) in [5.74, 6) is -0.200. The summed E-state index contributed by atoms with van der Waals surface area (Å²) in [6, 6.07) is 8.65. The number of ether oxygens (including phenoxy) is 2. The molecule has 0 radical (unpaired) electrons. The summed E-state index contributed by atoms with van der Waals surface area (Å²) >= 11 is 0. The summed E-state index contributed by atoms with van der Waals surface area (Å²) in [4.78, 5) is 12.0. The van der Waals surface area contributed by atoms with Crippen molar-refractivity contribution in [3.63, 3.8) is 0 Å². The van der Waals surface area contributed by atoms with Gasteiger partial charge >= 0.3 is 0 Å². The van der Waals surface area contributed by atoms with Crippen LogP contribution in [-0.2, 0) is 14.3 Å². The zero-order chi connectivity index (χ0) is 13.7. The second-order valence-corrected chi connectivity index (χ2v) is 4.80. The van der Waals surface area contributed by atoms with Gasteiger partial charge in [0.2, 0.25) is 5.91 Å². The Morgan fingerprint density at radius 3 is 2.84 bits per heavy atom. The van der Waals surface area contributed by atoms with Crippen LogP contribution in [0.15, 0.2) is 30.3 Å². The first kappa shape index (κ1) is 14.0. The maximum atomic E-state index is 12.0. The van der Waals surface area contributed by atoms with Gasteiger partial charge in [-0.15, -0.1) is 0 Å². The lowest BCUT2D eigenvalue weighted by molar-refractivity contribution is -0.124. The molecule has 0 aliphatic carbocycles. The average molecular weight is 264 g/mol. The van der Waals surface area contributed by atoms with Crippen molar-refractivity contribution >= 4 is 5.91 Å². The molecule has 5 heteroatoms. The standard InChI is InChI=1S/C14H20N2O3/c1-18-14(7-8-19-10-14)9-16-13(17)12(15)11-5-3-2-4-6-11/h2-6,12H,7-10,15H2,1H3,(H,16,17). The van der Waals surface area contributed by atoms with E-state index >= 15 is 0 Å². The molecule has 2 unspecified atom stereocenters. The molecule has 0 spiro atoms. The van der Waals surface area contributed by atoms with Crippen LogP contribution in [-0.4, -0.2) is 38.4 Å². The van der Waals surface area contributed by atoms with E-state index < -0.39 is 11.6 Å². The van der Waals surface area contributed by atoms with E-state index in [2.05, 4.69) is 5.32 Å². The fraction of sp³-hybridized carbons (Fsp3) is 0.500. The van der Waals surface area contributed by atoms with Crippen LogP contribution in [0.5, 0.6) is 0 Å². The molecule has 0 saturated carbocycles. The van der Waals surface area contributed by atoms with Crippen molar-refractivity contribution in [2.75, 3.05) is 26.9 Å². The number of carbonyl (C=O) groups is 1. The van der Waals surface area contributed by atoms with E-state index in [0.717, 1.165) is 12.0 Å². The number of rotatable bonds is 5. The summed E-state index contributed by atoms with van der Waals surface area (Å²) < 4.78 is 10.8. The van der Waals surface area contributed by atoms with Gasteiger partial charge in [-0.05, 0) is 5.56 Å². The maximum absolute atomic E-state index is 12.0. The Morgan fingerprint density at radius 1 is 1.53 bits per heavy atom. The smallest absolute Gasteiger partial charge is 0.241 e. The SMILES string of the molecule is COC1(CNC(=O)C(N)c2ccccc2)CCOC1. The third-order valence-electron chi connectivity index (χ3n) is 3.53. The highest BCUT2D eigenvalue weighted by atomic mass is 16.5. The van der Waals surface area contributed by atoms with Crippen molar-refractivity contribution < 1.29 is 14.3 Å². The third kappa shape index (κ3) is 3.32. The molecule has 1 heterocycles. The van der Waals surface area contributed by atoms with E-state index in [1.54, 1.807) is 7.11 Å². The largest absolute Gasteiger partial charge is 0.378 e. The molecule has 2 atom stereocenters. The molecule has 5 nitrogen and oxygen atoms in total. The van der Waals surface area contributed by atoms with E-state index in [1.165, 1.54) is 0 Å². The molecule has 1 aliphatic heterocycles. The summed E-state index contributed by atoms with van der Waals surface area (Å²) in [5, 5.41) is 2.85. The van der Waals surface area contributed by atoms with Gasteiger partial charge in [0.25, 0.3) is 0 Å². The molecule has 3 N–H and O–H groups in total. The van der Waals surface area contributed by atoms with Crippen molar-refractivity contribution in [2.45, 2.75) is 18.1 Å². The van der Waals surface area contributed by atoms with Gasteiger partial charge in [0.15, 0.2) is 0 Å². The van der Waals surface area contributed by atoms with Crippen molar-refractivity contribution in [2.24, 2.45) is 5.73 Å². The van der Waals surface area contributed by atoms with E-state index in [1.807, 2.05) is 30.3 Å². The average Bonchev–Trinajstić information content (AvgIpc) is 2.94. The second-order valence-electron chi connectivity index (χ2n) is 4.80. The zero-order valence-corrected chi connectivity index (χ0v) is 11.1. The normalized spacial score (nSPS) is 24.1. The molecule has 104 valence electrons. The molecular weight excluding hydrogens is 244 g/mol. The monoisotopic (exact) mass is 264 g/mol. The summed E-state index contributed by atoms with van der Waals surface area (Å²) in [6.07, 6.45) is 0.782. The Bertz CT molecular complexity index is 416. The second kappa shape index (κ2) is 6.14. The molecule has 0 aromatic heterocycles. The molecule has 1 fully saturated rings. The number of carbonyl (C=O) groups excluding carboxylic acids is 1. The van der Waals surface area contributed by atoms with Crippen molar-refractivity contribution in [3.8, 4) is 0 Å². The van der Waals surface area contributed by atoms with E-state index in [9.17, 15) is 4.79 Å². The molecule has 1 aliphatic rings. The molecule has 1 aromatic carbocycles. The van der Waals surface area contributed by atoms with Crippen molar-refractivity contribution in [1.82, 2.24) is 5.32 Å². The van der Waals surface area contributed by atoms with Gasteiger partial charge in [-0.25, -0.2) is 0 Å². The van der Waals surface area contributed by atoms with Crippen molar-refractivity contribution in [1.29, 1.82) is 0 Å². The van der Waals surface area contributed by atoms with Crippen LogP contribution >= 0.6 is 0 Å². The highest BCUT2D eigenvalue weighted by Crippen LogP contribution is 2.21. The number of hydrogen-bond donors (Lipinski definition) is 2. The first-order valence-corrected chi connectivity index (χ1v) is 6.38. The minimum Gasteiger partial charge on any atom is -0.378 e. The first-order chi connectivity index (χ1) is 9.17. The summed E-state index contributed by atoms with van der Waals surface area (Å²) in [7, 11) is 1.64. The Morgan fingerprint density at radius 2 is 2.26 bits per heavy atom. The summed E-state index contributed by atoms with van der Waals surface area (Å²) in [6.45, 7) is 1.58. The van der Waals surface area contributed by atoms with E-state index in [0.29, 0.717) is 19.8 Å². The number of nitrogens with one attached hydrogen (secondary N) is 1. The quantitative estimate of drug-likeness (QED) is 0.817. The molecule has 0 bridgehead atoms. The molecule has 2 rings (SSSR count). The van der Waals surface area contributed by atoms with Gasteiger partial charge in [-0.3, -0.25) is 4.79 Å². The highest BCUT2D eigenvalue weighted by molar-refractivity contribution is 5.82. The molecule has 1 amide bonds. The first-order valence-electron chi connectivity index (χ1n) is 6.38. The van der Waals surface area contributed by atoms with Crippen LogP contribution in [0.2, 0.25) is 0 Å². The lowest BCUT2D eigenvalue weighted by Crippen LogP contribution is -2.47. The Balaban J connectivity index is 1.91. The van der Waals surface area contributed by atoms with Gasteiger partial charge in [0, 0.05) is 26.7 Å². The van der Waals surface area contributed by atoms with Crippen LogP contribution in [0.4, 0.5) is 0 Å². The maximum Gasteiger partial charge on any atom is 0.241 e. The lowest BCUT2D eigenvalue weighted by Gasteiger charge is -2.26. The fourth-order valence-electron chi connectivity index (χ4n) is 2.13. The molecule has 19 heavy (non-hydrogen) atoms. The van der Waals surface area contributed by atoms with Gasteiger partial charge in [-0.2, -0.15) is 0 Å². The number of amides is 1. The zero-order valence-electron chi connectivity index (χ0n) is 11.1. The van der Waals surface area contributed by atoms with Crippen LogP contribution in [0.25, 0.3) is 0 Å². The van der Waals surface area contributed by atoms with Gasteiger partial charge in [0.05, 0.1) is 6.61 Å². The lowest BCUT2D eigenvalue weighted by atomic mass is 10.0. The van der Waals surface area contributed by atoms with E-state index in [4.69, 9.17) is 15.2 Å². The Kier molecular flexibility index (Phi) is 4.52. The van der Waals surface area contributed by atoms with Crippen LogP contribution in [0.1, 0.15) is 18.0 Å². The minimum absolute atomic E-state index is 0.200.